The van der Waals surface area contributed by atoms with Crippen molar-refractivity contribution in [3.8, 4) is 0 Å². The lowest BCUT2D eigenvalue weighted by Gasteiger charge is -2.41. The zero-order valence-corrected chi connectivity index (χ0v) is 13.5. The molecule has 0 aromatic carbocycles. The first-order valence-electron chi connectivity index (χ1n) is 8.44. The summed E-state index contributed by atoms with van der Waals surface area (Å²) >= 11 is 0. The molecule has 0 radical (unpaired) electrons. The Kier molecular flexibility index (Phi) is 6.22. The summed E-state index contributed by atoms with van der Waals surface area (Å²) in [5.74, 6) is 0.936. The van der Waals surface area contributed by atoms with Crippen molar-refractivity contribution in [3.63, 3.8) is 0 Å². The van der Waals surface area contributed by atoms with Gasteiger partial charge in [0.05, 0.1) is 0 Å². The molecular formula is C17H29NO3. The van der Waals surface area contributed by atoms with Crippen LogP contribution in [0.15, 0.2) is 0 Å². The van der Waals surface area contributed by atoms with E-state index in [2.05, 4.69) is 0 Å². The minimum atomic E-state index is 0.0979. The number of piperidine rings is 1. The summed E-state index contributed by atoms with van der Waals surface area (Å²) in [6, 6.07) is 0.161. The van der Waals surface area contributed by atoms with Crippen LogP contribution in [0.5, 0.6) is 0 Å². The highest BCUT2D eigenvalue weighted by molar-refractivity contribution is 5.84. The molecule has 0 spiro atoms. The Bertz CT molecular complexity index is 369. The molecule has 4 heteroatoms. The van der Waals surface area contributed by atoms with Gasteiger partial charge in [-0.15, -0.1) is 0 Å². The average Bonchev–Trinajstić information content (AvgIpc) is 2.48. The quantitative estimate of drug-likeness (QED) is 0.783. The van der Waals surface area contributed by atoms with Crippen molar-refractivity contribution in [2.45, 2.75) is 64.3 Å². The van der Waals surface area contributed by atoms with E-state index >= 15 is 0 Å². The number of methoxy groups -OCH3 is 1. The molecule has 1 aliphatic heterocycles. The number of carbonyl (C=O) groups excluding carboxylic acids is 2. The minimum absolute atomic E-state index is 0.0979. The van der Waals surface area contributed by atoms with Crippen LogP contribution in [0.1, 0.15) is 58.3 Å². The van der Waals surface area contributed by atoms with E-state index in [0.29, 0.717) is 25.2 Å². The molecule has 0 aromatic heterocycles. The predicted octanol–water partition coefficient (Wildman–Crippen LogP) is 2.80. The van der Waals surface area contributed by atoms with Crippen molar-refractivity contribution in [1.82, 2.24) is 4.90 Å². The van der Waals surface area contributed by atoms with Gasteiger partial charge in [-0.25, -0.2) is 0 Å². The molecule has 21 heavy (non-hydrogen) atoms. The van der Waals surface area contributed by atoms with Crippen LogP contribution in [0.25, 0.3) is 0 Å². The second-order valence-electron chi connectivity index (χ2n) is 6.73. The van der Waals surface area contributed by atoms with Crippen LogP contribution in [-0.4, -0.2) is 42.9 Å². The number of ketones is 1. The van der Waals surface area contributed by atoms with Gasteiger partial charge in [0.25, 0.3) is 0 Å². The lowest BCUT2D eigenvalue weighted by atomic mass is 9.79. The number of carbonyl (C=O) groups is 2. The summed E-state index contributed by atoms with van der Waals surface area (Å²) < 4.78 is 5.13. The first kappa shape index (κ1) is 16.5. The number of ether oxygens (including phenoxy) is 1. The SMILES string of the molecule is COCC(C)CC(=O)N1CCCCC1C1CCCCC1=O. The molecule has 2 rings (SSSR count). The van der Waals surface area contributed by atoms with Crippen LogP contribution in [0.4, 0.5) is 0 Å². The maximum absolute atomic E-state index is 12.6. The van der Waals surface area contributed by atoms with E-state index in [4.69, 9.17) is 4.74 Å². The van der Waals surface area contributed by atoms with Crippen LogP contribution < -0.4 is 0 Å². The number of hydrogen-bond acceptors (Lipinski definition) is 3. The Morgan fingerprint density at radius 2 is 2.05 bits per heavy atom. The third-order valence-corrected chi connectivity index (χ3v) is 4.91. The number of rotatable bonds is 5. The van der Waals surface area contributed by atoms with E-state index in [0.717, 1.165) is 45.1 Å². The van der Waals surface area contributed by atoms with Gasteiger partial charge in [-0.2, -0.15) is 0 Å². The molecule has 3 atom stereocenters. The maximum atomic E-state index is 12.6. The Hall–Kier alpha value is -0.900. The molecule has 2 fully saturated rings. The summed E-state index contributed by atoms with van der Waals surface area (Å²) in [5.41, 5.74) is 0. The van der Waals surface area contributed by atoms with Crippen molar-refractivity contribution in [2.24, 2.45) is 11.8 Å². The number of hydrogen-bond donors (Lipinski definition) is 0. The summed E-state index contributed by atoms with van der Waals surface area (Å²) in [4.78, 5) is 26.8. The normalized spacial score (nSPS) is 28.5. The molecule has 0 aromatic rings. The van der Waals surface area contributed by atoms with Gasteiger partial charge in [-0.05, 0) is 38.0 Å². The van der Waals surface area contributed by atoms with Crippen molar-refractivity contribution in [1.29, 1.82) is 0 Å². The molecule has 1 amide bonds. The molecule has 1 saturated carbocycles. The average molecular weight is 295 g/mol. The summed E-state index contributed by atoms with van der Waals surface area (Å²) in [5, 5.41) is 0. The second kappa shape index (κ2) is 7.92. The standard InChI is InChI=1S/C17H29NO3/c1-13(12-21-2)11-17(20)18-10-6-5-8-15(18)14-7-3-4-9-16(14)19/h13-15H,3-12H2,1-2H3. The molecular weight excluding hydrogens is 266 g/mol. The molecule has 120 valence electrons. The van der Waals surface area contributed by atoms with Gasteiger partial charge in [-0.1, -0.05) is 13.3 Å². The van der Waals surface area contributed by atoms with Crippen LogP contribution in [0.2, 0.25) is 0 Å². The second-order valence-corrected chi connectivity index (χ2v) is 6.73. The molecule has 3 unspecified atom stereocenters. The van der Waals surface area contributed by atoms with Gasteiger partial charge in [0.2, 0.25) is 5.91 Å². The zero-order chi connectivity index (χ0) is 15.2. The van der Waals surface area contributed by atoms with Crippen LogP contribution in [0, 0.1) is 11.8 Å². The van der Waals surface area contributed by atoms with Crippen LogP contribution in [-0.2, 0) is 14.3 Å². The topological polar surface area (TPSA) is 46.6 Å². The third-order valence-electron chi connectivity index (χ3n) is 4.91. The number of amides is 1. The van der Waals surface area contributed by atoms with Crippen molar-refractivity contribution in [3.05, 3.63) is 0 Å². The largest absolute Gasteiger partial charge is 0.384 e. The zero-order valence-electron chi connectivity index (χ0n) is 13.5. The first-order chi connectivity index (χ1) is 10.1. The molecule has 0 N–H and O–H groups in total. The monoisotopic (exact) mass is 295 g/mol. The fraction of sp³-hybridized carbons (Fsp3) is 0.882. The number of likely N-dealkylation sites (tertiary alicyclic amines) is 1. The molecule has 0 bridgehead atoms. The van der Waals surface area contributed by atoms with Gasteiger partial charge in [0.15, 0.2) is 0 Å². The van der Waals surface area contributed by atoms with Crippen molar-refractivity contribution in [2.75, 3.05) is 20.3 Å². The van der Waals surface area contributed by atoms with E-state index in [1.54, 1.807) is 7.11 Å². The Labute approximate surface area is 128 Å². The number of Topliss-reactive ketones (excluding diaryl/α,β-unsaturated/α-hetero) is 1. The Morgan fingerprint density at radius 3 is 2.76 bits per heavy atom. The summed E-state index contributed by atoms with van der Waals surface area (Å²) in [6.07, 6.45) is 7.60. The van der Waals surface area contributed by atoms with Gasteiger partial charge >= 0.3 is 0 Å². The van der Waals surface area contributed by atoms with Crippen LogP contribution in [0.3, 0.4) is 0 Å². The summed E-state index contributed by atoms with van der Waals surface area (Å²) in [7, 11) is 1.67. The van der Waals surface area contributed by atoms with Gasteiger partial charge in [0.1, 0.15) is 5.78 Å². The molecule has 1 heterocycles. The Morgan fingerprint density at radius 1 is 1.29 bits per heavy atom. The van der Waals surface area contributed by atoms with Gasteiger partial charge in [-0.3, -0.25) is 9.59 Å². The van der Waals surface area contributed by atoms with Crippen LogP contribution >= 0.6 is 0 Å². The first-order valence-corrected chi connectivity index (χ1v) is 8.44. The van der Waals surface area contributed by atoms with Gasteiger partial charge in [0, 0.05) is 45.1 Å². The lowest BCUT2D eigenvalue weighted by molar-refractivity contribution is -0.140. The van der Waals surface area contributed by atoms with E-state index in [9.17, 15) is 9.59 Å². The highest BCUT2D eigenvalue weighted by Gasteiger charge is 2.37. The molecule has 1 aliphatic carbocycles. The number of nitrogens with zero attached hydrogens (tertiary/aromatic N) is 1. The fourth-order valence-corrected chi connectivity index (χ4v) is 3.86. The molecule has 2 aliphatic rings. The highest BCUT2D eigenvalue weighted by atomic mass is 16.5. The smallest absolute Gasteiger partial charge is 0.223 e. The predicted molar refractivity (Wildman–Crippen MR) is 82.0 cm³/mol. The van der Waals surface area contributed by atoms with E-state index in [1.165, 1.54) is 0 Å². The van der Waals surface area contributed by atoms with E-state index < -0.39 is 0 Å². The van der Waals surface area contributed by atoms with Gasteiger partial charge < -0.3 is 9.64 Å². The highest BCUT2D eigenvalue weighted by Crippen LogP contribution is 2.32. The van der Waals surface area contributed by atoms with Crippen molar-refractivity contribution < 1.29 is 14.3 Å². The van der Waals surface area contributed by atoms with E-state index in [1.807, 2.05) is 11.8 Å². The molecule has 1 saturated heterocycles. The fourth-order valence-electron chi connectivity index (χ4n) is 3.86. The molecule has 4 nitrogen and oxygen atoms in total. The third kappa shape index (κ3) is 4.29. The minimum Gasteiger partial charge on any atom is -0.384 e. The lowest BCUT2D eigenvalue weighted by Crippen LogP contribution is -2.50. The Balaban J connectivity index is 2.00. The maximum Gasteiger partial charge on any atom is 0.223 e. The van der Waals surface area contributed by atoms with E-state index in [-0.39, 0.29) is 23.8 Å². The summed E-state index contributed by atoms with van der Waals surface area (Å²) in [6.45, 7) is 3.49. The van der Waals surface area contributed by atoms with Crippen molar-refractivity contribution >= 4 is 11.7 Å².